The van der Waals surface area contributed by atoms with Crippen LogP contribution in [0.15, 0.2) is 89.6 Å². The number of carbonyl (C=O) groups is 1. The summed E-state index contributed by atoms with van der Waals surface area (Å²) >= 11 is 1.30. The van der Waals surface area contributed by atoms with Crippen LogP contribution in [0, 0.1) is 0 Å². The van der Waals surface area contributed by atoms with Crippen molar-refractivity contribution in [3.05, 3.63) is 111 Å². The number of carbonyl (C=O) groups excluding carboxylic acids is 1. The smallest absolute Gasteiger partial charge is 0.255 e. The van der Waals surface area contributed by atoms with Crippen LogP contribution >= 0.6 is 32.1 Å². The van der Waals surface area contributed by atoms with E-state index in [0.717, 1.165) is 49.9 Å². The molecule has 6 aromatic rings. The molecule has 0 aliphatic carbocycles. The highest BCUT2D eigenvalue weighted by atomic mass is 127. The highest BCUT2D eigenvalue weighted by Crippen LogP contribution is 2.30. The third kappa shape index (κ3) is 4.21. The number of thiophene rings is 1. The van der Waals surface area contributed by atoms with Gasteiger partial charge in [0.1, 0.15) is 5.69 Å². The number of nitrogens with one attached hydrogen (secondary N) is 3. The Morgan fingerprint density at radius 2 is 1.84 bits per heavy atom. The summed E-state index contributed by atoms with van der Waals surface area (Å²) < 4.78 is 3.51. The third-order valence-corrected chi connectivity index (χ3v) is 9.61. The first kappa shape index (κ1) is 23.0. The molecule has 8 heteroatoms. The number of para-hydroxylation sites is 1. The number of halogens is 1. The van der Waals surface area contributed by atoms with Crippen molar-refractivity contribution in [1.29, 1.82) is 0 Å². The molecule has 3 aromatic heterocycles. The van der Waals surface area contributed by atoms with Gasteiger partial charge in [-0.2, -0.15) is 16.4 Å². The predicted octanol–water partition coefficient (Wildman–Crippen LogP) is 5.66. The number of H-pyrrole nitrogens is 2. The Morgan fingerprint density at radius 1 is 0.947 bits per heavy atom. The quantitative estimate of drug-likeness (QED) is 0.216. The maximum absolute atomic E-state index is 12.7. The molecule has 3 aromatic carbocycles. The van der Waals surface area contributed by atoms with Gasteiger partial charge < -0.3 is 10.3 Å². The van der Waals surface area contributed by atoms with E-state index < -0.39 is 0 Å². The molecule has 3 N–H and O–H groups in total. The van der Waals surface area contributed by atoms with Gasteiger partial charge in [0, 0.05) is 25.5 Å². The summed E-state index contributed by atoms with van der Waals surface area (Å²) in [5.74, 6) is 0.626. The summed E-state index contributed by atoms with van der Waals surface area (Å²) in [7, 11) is 0. The van der Waals surface area contributed by atoms with E-state index in [9.17, 15) is 4.79 Å². The molecule has 184 valence electrons. The van der Waals surface area contributed by atoms with Crippen LogP contribution < -0.4 is 15.9 Å². The predicted molar refractivity (Wildman–Crippen MR) is 164 cm³/mol. The molecule has 1 amide bonds. The first-order valence-electron chi connectivity index (χ1n) is 12.0. The topological polar surface area (TPSA) is 86.5 Å². The lowest BCUT2D eigenvalue weighted by atomic mass is 10.1. The maximum atomic E-state index is 12.7. The van der Waals surface area contributed by atoms with Crippen LogP contribution in [0.5, 0.6) is 0 Å². The highest BCUT2D eigenvalue weighted by molar-refractivity contribution is 14.2. The number of imidazole rings is 1. The molecule has 6 nitrogen and oxygen atoms in total. The minimum Gasteiger partial charge on any atom is -0.337 e. The standard InChI is InChI=1S/C30H20IN5OS/c37-30(18-6-2-1-3-7-18)32-21-9-4-8-19(14-21)24-15-23-26(16-31-24)35-36-28(23)29-33-25-11-5-10-22(27(25)34-29)20-12-13-38-17-20/h1-17H,(H,32,37)(H,33,34)(H,35,36). The van der Waals surface area contributed by atoms with Gasteiger partial charge in [-0.1, -0.05) is 63.2 Å². The molecule has 0 bridgehead atoms. The molecule has 0 saturated carbocycles. The minimum absolute atomic E-state index is 0.118. The average Bonchev–Trinajstić information content (AvgIpc) is 3.73. The van der Waals surface area contributed by atoms with Gasteiger partial charge >= 0.3 is 0 Å². The zero-order chi connectivity index (χ0) is 25.5. The van der Waals surface area contributed by atoms with Gasteiger partial charge in [0.25, 0.3) is 5.91 Å². The molecule has 0 atom stereocenters. The molecular formula is C30H20IN5OS. The van der Waals surface area contributed by atoms with Crippen LogP contribution in [-0.4, -0.2) is 29.6 Å². The van der Waals surface area contributed by atoms with Crippen LogP contribution in [0.25, 0.3) is 43.8 Å². The van der Waals surface area contributed by atoms with Crippen molar-refractivity contribution < 1.29 is 4.79 Å². The Hall–Kier alpha value is -4.15. The van der Waals surface area contributed by atoms with Gasteiger partial charge in [0.2, 0.25) is 0 Å². The summed E-state index contributed by atoms with van der Waals surface area (Å²) in [6.45, 7) is 0. The number of aromatic amines is 2. The number of hydrogen-bond acceptors (Lipinski definition) is 4. The first-order valence-corrected chi connectivity index (χ1v) is 15.2. The molecule has 38 heavy (non-hydrogen) atoms. The number of nitrogens with zero attached hydrogens (tertiary/aromatic N) is 2. The largest absolute Gasteiger partial charge is 0.337 e. The van der Waals surface area contributed by atoms with Gasteiger partial charge in [-0.25, -0.2) is 4.98 Å². The van der Waals surface area contributed by atoms with Crippen molar-refractivity contribution in [1.82, 2.24) is 20.2 Å². The van der Waals surface area contributed by atoms with Crippen molar-refractivity contribution in [2.45, 2.75) is 0 Å². The second kappa shape index (κ2) is 9.62. The molecular weight excluding hydrogens is 605 g/mol. The zero-order valence-corrected chi connectivity index (χ0v) is 22.9. The van der Waals surface area contributed by atoms with E-state index >= 15 is 0 Å². The molecule has 4 heterocycles. The Labute approximate surface area is 231 Å². The molecule has 1 aliphatic rings. The number of fused-ring (bicyclic) bond motifs is 2. The van der Waals surface area contributed by atoms with E-state index in [-0.39, 0.29) is 26.6 Å². The molecule has 0 spiro atoms. The Morgan fingerprint density at radius 3 is 2.71 bits per heavy atom. The Balaban J connectivity index is 1.24. The molecule has 0 unspecified atom stereocenters. The molecule has 0 fully saturated rings. The number of amides is 1. The highest BCUT2D eigenvalue weighted by Gasteiger charge is 2.16. The Bertz CT molecular complexity index is 1970. The van der Waals surface area contributed by atoms with Crippen molar-refractivity contribution in [2.24, 2.45) is 0 Å². The van der Waals surface area contributed by atoms with Crippen molar-refractivity contribution in [3.63, 3.8) is 0 Å². The molecule has 7 rings (SSSR count). The third-order valence-electron chi connectivity index (χ3n) is 6.39. The molecule has 0 radical (unpaired) electrons. The van der Waals surface area contributed by atoms with Gasteiger partial charge in [0.15, 0.2) is 5.82 Å². The van der Waals surface area contributed by atoms with Crippen molar-refractivity contribution in [3.8, 4) is 22.6 Å². The number of anilines is 1. The van der Waals surface area contributed by atoms with Crippen LogP contribution in [0.1, 0.15) is 15.9 Å². The second-order valence-corrected chi connectivity index (χ2v) is 12.0. The van der Waals surface area contributed by atoms with E-state index in [4.69, 9.17) is 4.98 Å². The van der Waals surface area contributed by atoms with Crippen molar-refractivity contribution >= 4 is 68.4 Å². The monoisotopic (exact) mass is 625 g/mol. The van der Waals surface area contributed by atoms with Crippen molar-refractivity contribution in [2.75, 3.05) is 5.32 Å². The van der Waals surface area contributed by atoms with Crippen LogP contribution in [-0.2, 0) is 0 Å². The van der Waals surface area contributed by atoms with E-state index in [1.807, 2.05) is 48.5 Å². The number of hydrogen-bond donors (Lipinski definition) is 3. The summed E-state index contributed by atoms with van der Waals surface area (Å²) in [5, 5.41) is 17.2. The summed E-state index contributed by atoms with van der Waals surface area (Å²) in [6.07, 6.45) is 2.21. The summed E-state index contributed by atoms with van der Waals surface area (Å²) in [4.78, 5) is 21.1. The Kier molecular flexibility index (Phi) is 5.82. The zero-order valence-electron chi connectivity index (χ0n) is 19.9. The summed E-state index contributed by atoms with van der Waals surface area (Å²) in [5.41, 5.74) is 7.52. The fourth-order valence-electron chi connectivity index (χ4n) is 4.53. The lowest BCUT2D eigenvalue weighted by molar-refractivity contribution is 0.102. The number of benzene rings is 3. The van der Waals surface area contributed by atoms with Gasteiger partial charge in [-0.15, -0.1) is 0 Å². The number of rotatable bonds is 5. The summed E-state index contributed by atoms with van der Waals surface area (Å²) in [6, 6.07) is 25.6. The minimum atomic E-state index is -0.382. The average molecular weight is 625 g/mol. The fourth-order valence-corrected chi connectivity index (χ4v) is 7.49. The fraction of sp³-hybridized carbons (Fsp3) is 0. The van der Waals surface area contributed by atoms with E-state index in [1.54, 1.807) is 11.3 Å². The van der Waals surface area contributed by atoms with Crippen LogP contribution in [0.2, 0.25) is 0 Å². The van der Waals surface area contributed by atoms with Crippen LogP contribution in [0.3, 0.4) is 0 Å². The second-order valence-electron chi connectivity index (χ2n) is 8.81. The first-order chi connectivity index (χ1) is 18.7. The molecule has 1 aliphatic heterocycles. The lowest BCUT2D eigenvalue weighted by Gasteiger charge is -2.09. The van der Waals surface area contributed by atoms with Gasteiger partial charge in [-0.3, -0.25) is 9.89 Å². The van der Waals surface area contributed by atoms with E-state index in [0.29, 0.717) is 5.56 Å². The maximum Gasteiger partial charge on any atom is 0.255 e. The number of aromatic nitrogens is 4. The lowest BCUT2D eigenvalue weighted by Crippen LogP contribution is -2.26. The van der Waals surface area contributed by atoms with E-state index in [1.165, 1.54) is 9.07 Å². The normalized spacial score (nSPS) is 12.6. The molecule has 0 saturated heterocycles. The van der Waals surface area contributed by atoms with Gasteiger partial charge in [-0.05, 0) is 68.4 Å². The van der Waals surface area contributed by atoms with Crippen LogP contribution in [0.4, 0.5) is 5.69 Å². The SMILES string of the molecule is O=C(Nc1cccc(C2=IC=c3[nH]nc(-c4nc5c(-c6ccsc6)cccc5[nH]4)c3=C2)c1)c1ccccc1. The van der Waals surface area contributed by atoms with E-state index in [2.05, 4.69) is 71.7 Å². The van der Waals surface area contributed by atoms with Gasteiger partial charge in [0.05, 0.1) is 16.4 Å².